The Labute approximate surface area is 169 Å². The van der Waals surface area contributed by atoms with Gasteiger partial charge in [0.25, 0.3) is 0 Å². The van der Waals surface area contributed by atoms with E-state index in [-0.39, 0.29) is 41.8 Å². The number of amides is 2. The Hall–Kier alpha value is -2.09. The topological polar surface area (TPSA) is 66.6 Å². The third-order valence-corrected chi connectivity index (χ3v) is 6.41. The van der Waals surface area contributed by atoms with E-state index in [2.05, 4.69) is 0 Å². The van der Waals surface area contributed by atoms with E-state index in [0.717, 1.165) is 31.7 Å². The summed E-state index contributed by atoms with van der Waals surface area (Å²) in [4.78, 5) is 27.5. The van der Waals surface area contributed by atoms with Crippen molar-refractivity contribution in [3.8, 4) is 0 Å². The molecule has 1 aromatic carbocycles. The van der Waals surface area contributed by atoms with Gasteiger partial charge in [0.1, 0.15) is 5.82 Å². The summed E-state index contributed by atoms with van der Waals surface area (Å²) in [6.45, 7) is 1.86. The van der Waals surface area contributed by atoms with E-state index in [9.17, 15) is 22.8 Å². The molecule has 4 atom stereocenters. The second-order valence-corrected chi connectivity index (χ2v) is 8.33. The zero-order valence-electron chi connectivity index (χ0n) is 16.8. The highest BCUT2D eigenvalue weighted by Gasteiger charge is 2.44. The number of nitrogens with two attached hydrogens (primary N) is 1. The third-order valence-electron chi connectivity index (χ3n) is 6.41. The molecular formula is C21H28F3N3O2. The Balaban J connectivity index is 1.60. The van der Waals surface area contributed by atoms with Gasteiger partial charge in [0.15, 0.2) is 11.6 Å². The van der Waals surface area contributed by atoms with Gasteiger partial charge in [-0.3, -0.25) is 9.59 Å². The van der Waals surface area contributed by atoms with Gasteiger partial charge in [0.2, 0.25) is 11.8 Å². The molecule has 2 heterocycles. The lowest BCUT2D eigenvalue weighted by molar-refractivity contribution is -0.137. The lowest BCUT2D eigenvalue weighted by Crippen LogP contribution is -2.50. The molecule has 8 heteroatoms. The zero-order chi connectivity index (χ0) is 21.3. The second kappa shape index (κ2) is 8.73. The fourth-order valence-electron chi connectivity index (χ4n) is 4.67. The third kappa shape index (κ3) is 4.74. The minimum Gasteiger partial charge on any atom is -0.345 e. The standard InChI is InChI=1S/C21H28F3N3O2/c1-12(28)26(2)6-5-21(29)27-15-3-4-16(27)8-14(7-15)20(25)10-13-9-18(23)19(24)11-17(13)22/h9,11,14-16,20H,3-8,10,25H2,1-2H3/t14?,15-,16+,20-/m1/s1. The van der Waals surface area contributed by atoms with Crippen LogP contribution < -0.4 is 5.73 Å². The van der Waals surface area contributed by atoms with Crippen molar-refractivity contribution in [1.29, 1.82) is 0 Å². The smallest absolute Gasteiger partial charge is 0.224 e. The van der Waals surface area contributed by atoms with E-state index < -0.39 is 23.5 Å². The molecule has 2 saturated heterocycles. The van der Waals surface area contributed by atoms with Crippen LogP contribution in [0.15, 0.2) is 12.1 Å². The van der Waals surface area contributed by atoms with Crippen molar-refractivity contribution in [2.24, 2.45) is 11.7 Å². The van der Waals surface area contributed by atoms with Gasteiger partial charge in [0, 0.05) is 51.1 Å². The number of carbonyl (C=O) groups is 2. The molecule has 1 aromatic rings. The molecule has 0 radical (unpaired) electrons. The number of hydrogen-bond acceptors (Lipinski definition) is 3. The number of rotatable bonds is 6. The highest BCUT2D eigenvalue weighted by atomic mass is 19.2. The summed E-state index contributed by atoms with van der Waals surface area (Å²) in [7, 11) is 1.67. The van der Waals surface area contributed by atoms with Gasteiger partial charge in [-0.15, -0.1) is 0 Å². The minimum absolute atomic E-state index is 0.0456. The average molecular weight is 411 g/mol. The Morgan fingerprint density at radius 1 is 1.14 bits per heavy atom. The van der Waals surface area contributed by atoms with Crippen LogP contribution in [0.3, 0.4) is 0 Å². The SMILES string of the molecule is CC(=O)N(C)CCC(=O)N1[C@@H]2CC[C@H]1CC([C@H](N)Cc1cc(F)c(F)cc1F)C2. The van der Waals surface area contributed by atoms with Crippen molar-refractivity contribution >= 4 is 11.8 Å². The molecular weight excluding hydrogens is 383 g/mol. The van der Waals surface area contributed by atoms with E-state index in [1.165, 1.54) is 11.8 Å². The summed E-state index contributed by atoms with van der Waals surface area (Å²) in [5.41, 5.74) is 6.39. The number of nitrogens with zero attached hydrogens (tertiary/aromatic N) is 2. The van der Waals surface area contributed by atoms with Gasteiger partial charge in [0.05, 0.1) is 0 Å². The molecule has 2 N–H and O–H groups in total. The molecule has 2 amide bonds. The van der Waals surface area contributed by atoms with Crippen LogP contribution in [0.2, 0.25) is 0 Å². The molecule has 2 aliphatic heterocycles. The summed E-state index contributed by atoms with van der Waals surface area (Å²) < 4.78 is 40.5. The van der Waals surface area contributed by atoms with E-state index in [1.807, 2.05) is 4.90 Å². The van der Waals surface area contributed by atoms with Crippen LogP contribution in [0.4, 0.5) is 13.2 Å². The van der Waals surface area contributed by atoms with Crippen LogP contribution in [0.5, 0.6) is 0 Å². The number of benzene rings is 1. The molecule has 3 rings (SSSR count). The minimum atomic E-state index is -1.21. The number of piperidine rings is 1. The Morgan fingerprint density at radius 2 is 1.72 bits per heavy atom. The van der Waals surface area contributed by atoms with Gasteiger partial charge < -0.3 is 15.5 Å². The summed E-state index contributed by atoms with van der Waals surface area (Å²) >= 11 is 0. The largest absolute Gasteiger partial charge is 0.345 e. The molecule has 2 aliphatic rings. The molecule has 1 unspecified atom stereocenters. The molecule has 5 nitrogen and oxygen atoms in total. The van der Waals surface area contributed by atoms with Gasteiger partial charge in [-0.1, -0.05) is 0 Å². The molecule has 0 aromatic heterocycles. The van der Waals surface area contributed by atoms with Crippen molar-refractivity contribution in [2.45, 2.75) is 63.6 Å². The molecule has 160 valence electrons. The van der Waals surface area contributed by atoms with E-state index >= 15 is 0 Å². The van der Waals surface area contributed by atoms with Crippen LogP contribution in [0.1, 0.15) is 44.6 Å². The second-order valence-electron chi connectivity index (χ2n) is 8.33. The van der Waals surface area contributed by atoms with Gasteiger partial charge in [-0.25, -0.2) is 13.2 Å². The van der Waals surface area contributed by atoms with Gasteiger partial charge in [-0.05, 0) is 49.7 Å². The fraction of sp³-hybridized carbons (Fsp3) is 0.619. The quantitative estimate of drug-likeness (QED) is 0.732. The molecule has 29 heavy (non-hydrogen) atoms. The molecule has 2 fully saturated rings. The molecule has 0 saturated carbocycles. The first-order valence-corrected chi connectivity index (χ1v) is 10.1. The van der Waals surface area contributed by atoms with E-state index in [0.29, 0.717) is 19.0 Å². The maximum atomic E-state index is 14.0. The van der Waals surface area contributed by atoms with Crippen LogP contribution >= 0.6 is 0 Å². The van der Waals surface area contributed by atoms with E-state index in [4.69, 9.17) is 5.73 Å². The lowest BCUT2D eigenvalue weighted by atomic mass is 9.82. The van der Waals surface area contributed by atoms with Crippen molar-refractivity contribution < 1.29 is 22.8 Å². The Morgan fingerprint density at radius 3 is 2.31 bits per heavy atom. The van der Waals surface area contributed by atoms with Crippen molar-refractivity contribution in [2.75, 3.05) is 13.6 Å². The number of halogens is 3. The first-order valence-electron chi connectivity index (χ1n) is 10.1. The van der Waals surface area contributed by atoms with Crippen LogP contribution in [-0.4, -0.2) is 53.3 Å². The summed E-state index contributed by atoms with van der Waals surface area (Å²) in [6, 6.07) is 1.23. The number of carbonyl (C=O) groups excluding carboxylic acids is 2. The molecule has 2 bridgehead atoms. The average Bonchev–Trinajstić information content (AvgIpc) is 2.93. The highest BCUT2D eigenvalue weighted by molar-refractivity contribution is 5.79. The maximum absolute atomic E-state index is 14.0. The number of hydrogen-bond donors (Lipinski definition) is 1. The van der Waals surface area contributed by atoms with Crippen LogP contribution in [-0.2, 0) is 16.0 Å². The zero-order valence-corrected chi connectivity index (χ0v) is 16.8. The first-order chi connectivity index (χ1) is 13.7. The van der Waals surface area contributed by atoms with Crippen LogP contribution in [0, 0.1) is 23.4 Å². The maximum Gasteiger partial charge on any atom is 0.224 e. The lowest BCUT2D eigenvalue weighted by Gasteiger charge is -2.41. The summed E-state index contributed by atoms with van der Waals surface area (Å²) in [6.07, 6.45) is 3.67. The summed E-state index contributed by atoms with van der Waals surface area (Å²) in [5.74, 6) is -3.02. The number of fused-ring (bicyclic) bond motifs is 2. The molecule has 0 aliphatic carbocycles. The Kier molecular flexibility index (Phi) is 6.51. The van der Waals surface area contributed by atoms with Crippen LogP contribution in [0.25, 0.3) is 0 Å². The normalized spacial score (nSPS) is 24.5. The van der Waals surface area contributed by atoms with Crippen molar-refractivity contribution in [3.05, 3.63) is 35.1 Å². The molecule has 0 spiro atoms. The Bertz CT molecular complexity index is 775. The monoisotopic (exact) mass is 411 g/mol. The first kappa shape index (κ1) is 21.6. The van der Waals surface area contributed by atoms with Crippen molar-refractivity contribution in [3.63, 3.8) is 0 Å². The van der Waals surface area contributed by atoms with Gasteiger partial charge in [-0.2, -0.15) is 0 Å². The van der Waals surface area contributed by atoms with Crippen molar-refractivity contribution in [1.82, 2.24) is 9.80 Å². The van der Waals surface area contributed by atoms with Gasteiger partial charge >= 0.3 is 0 Å². The van der Waals surface area contributed by atoms with E-state index in [1.54, 1.807) is 7.05 Å². The predicted molar refractivity (Wildman–Crippen MR) is 102 cm³/mol. The highest BCUT2D eigenvalue weighted by Crippen LogP contribution is 2.40. The fourth-order valence-corrected chi connectivity index (χ4v) is 4.67. The predicted octanol–water partition coefficient (Wildman–Crippen LogP) is 2.61. The summed E-state index contributed by atoms with van der Waals surface area (Å²) in [5, 5.41) is 0.